The van der Waals surface area contributed by atoms with Gasteiger partial charge in [-0.3, -0.25) is 0 Å². The zero-order valence-corrected chi connectivity index (χ0v) is 9.18. The molecular weight excluding hydrogens is 162 g/mol. The predicted molar refractivity (Wildman–Crippen MR) is 55.9 cm³/mol. The molecule has 0 amide bonds. The molecule has 0 aromatic carbocycles. The Labute approximate surface area is 82.0 Å². The van der Waals surface area contributed by atoms with E-state index >= 15 is 0 Å². The van der Waals surface area contributed by atoms with Crippen LogP contribution in [0.3, 0.4) is 0 Å². The summed E-state index contributed by atoms with van der Waals surface area (Å²) in [5.41, 5.74) is 0. The van der Waals surface area contributed by atoms with Crippen LogP contribution in [0.15, 0.2) is 0 Å². The van der Waals surface area contributed by atoms with Gasteiger partial charge in [0, 0.05) is 6.04 Å². The Morgan fingerprint density at radius 2 is 2.08 bits per heavy atom. The Morgan fingerprint density at radius 3 is 2.69 bits per heavy atom. The molecule has 2 heteroatoms. The first-order valence-electron chi connectivity index (χ1n) is 5.53. The SMILES string of the molecule is CNC(C)COC1CCCCC1C. The van der Waals surface area contributed by atoms with Crippen LogP contribution in [-0.2, 0) is 4.74 Å². The van der Waals surface area contributed by atoms with Crippen molar-refractivity contribution < 1.29 is 4.74 Å². The Kier molecular flexibility index (Phi) is 4.74. The van der Waals surface area contributed by atoms with E-state index in [9.17, 15) is 0 Å². The van der Waals surface area contributed by atoms with E-state index in [1.54, 1.807) is 0 Å². The monoisotopic (exact) mass is 185 g/mol. The molecule has 1 N–H and O–H groups in total. The standard InChI is InChI=1S/C11H23NO/c1-9-6-4-5-7-11(9)13-8-10(2)12-3/h9-12H,4-8H2,1-3H3. The fourth-order valence-electron chi connectivity index (χ4n) is 1.88. The molecule has 13 heavy (non-hydrogen) atoms. The van der Waals surface area contributed by atoms with E-state index in [2.05, 4.69) is 19.2 Å². The van der Waals surface area contributed by atoms with Crippen LogP contribution in [0.2, 0.25) is 0 Å². The number of hydrogen-bond donors (Lipinski definition) is 1. The minimum Gasteiger partial charge on any atom is -0.376 e. The quantitative estimate of drug-likeness (QED) is 0.725. The highest BCUT2D eigenvalue weighted by Crippen LogP contribution is 2.26. The molecule has 78 valence electrons. The van der Waals surface area contributed by atoms with Gasteiger partial charge in [-0.05, 0) is 32.7 Å². The normalized spacial score (nSPS) is 31.6. The molecule has 1 aliphatic carbocycles. The Bertz CT molecular complexity index is 138. The minimum absolute atomic E-state index is 0.481. The number of likely N-dealkylation sites (N-methyl/N-ethyl adjacent to an activating group) is 1. The minimum atomic E-state index is 0.481. The Morgan fingerprint density at radius 1 is 1.38 bits per heavy atom. The van der Waals surface area contributed by atoms with Gasteiger partial charge < -0.3 is 10.1 Å². The summed E-state index contributed by atoms with van der Waals surface area (Å²) in [4.78, 5) is 0. The maximum absolute atomic E-state index is 5.89. The molecule has 0 aliphatic heterocycles. The van der Waals surface area contributed by atoms with E-state index in [1.165, 1.54) is 25.7 Å². The van der Waals surface area contributed by atoms with E-state index in [0.717, 1.165) is 12.5 Å². The largest absolute Gasteiger partial charge is 0.376 e. The van der Waals surface area contributed by atoms with Gasteiger partial charge in [-0.1, -0.05) is 19.8 Å². The molecule has 2 nitrogen and oxygen atoms in total. The summed E-state index contributed by atoms with van der Waals surface area (Å²) in [6.45, 7) is 5.33. The van der Waals surface area contributed by atoms with Gasteiger partial charge in [-0.15, -0.1) is 0 Å². The predicted octanol–water partition coefficient (Wildman–Crippen LogP) is 2.19. The van der Waals surface area contributed by atoms with Gasteiger partial charge in [-0.2, -0.15) is 0 Å². The molecular formula is C11H23NO. The molecule has 1 rings (SSSR count). The molecule has 0 saturated heterocycles. The highest BCUT2D eigenvalue weighted by Gasteiger charge is 2.21. The summed E-state index contributed by atoms with van der Waals surface area (Å²) < 4.78 is 5.89. The molecule has 3 unspecified atom stereocenters. The van der Waals surface area contributed by atoms with E-state index in [1.807, 2.05) is 7.05 Å². The second kappa shape index (κ2) is 5.61. The van der Waals surface area contributed by atoms with Crippen LogP contribution >= 0.6 is 0 Å². The van der Waals surface area contributed by atoms with Crippen molar-refractivity contribution in [3.05, 3.63) is 0 Å². The molecule has 1 aliphatic rings. The van der Waals surface area contributed by atoms with E-state index in [0.29, 0.717) is 12.1 Å². The molecule has 1 saturated carbocycles. The zero-order valence-electron chi connectivity index (χ0n) is 9.18. The Balaban J connectivity index is 2.18. The lowest BCUT2D eigenvalue weighted by atomic mass is 9.88. The van der Waals surface area contributed by atoms with Crippen molar-refractivity contribution in [3.8, 4) is 0 Å². The third kappa shape index (κ3) is 3.65. The van der Waals surface area contributed by atoms with Crippen molar-refractivity contribution in [2.75, 3.05) is 13.7 Å². The molecule has 0 aromatic heterocycles. The van der Waals surface area contributed by atoms with Crippen LogP contribution in [0.4, 0.5) is 0 Å². The second-order valence-corrected chi connectivity index (χ2v) is 4.32. The van der Waals surface area contributed by atoms with Crippen molar-refractivity contribution in [2.24, 2.45) is 5.92 Å². The van der Waals surface area contributed by atoms with Crippen LogP contribution < -0.4 is 5.32 Å². The van der Waals surface area contributed by atoms with Gasteiger partial charge in [0.15, 0.2) is 0 Å². The van der Waals surface area contributed by atoms with Gasteiger partial charge in [0.05, 0.1) is 12.7 Å². The maximum atomic E-state index is 5.89. The summed E-state index contributed by atoms with van der Waals surface area (Å²) in [7, 11) is 1.98. The highest BCUT2D eigenvalue weighted by atomic mass is 16.5. The van der Waals surface area contributed by atoms with Gasteiger partial charge in [-0.25, -0.2) is 0 Å². The summed E-state index contributed by atoms with van der Waals surface area (Å²) in [5.74, 6) is 0.762. The fourth-order valence-corrected chi connectivity index (χ4v) is 1.88. The van der Waals surface area contributed by atoms with Crippen LogP contribution in [0.5, 0.6) is 0 Å². The Hall–Kier alpha value is -0.0800. The summed E-state index contributed by atoms with van der Waals surface area (Å²) in [6, 6.07) is 0.481. The average Bonchev–Trinajstić information content (AvgIpc) is 2.16. The third-order valence-corrected chi connectivity index (χ3v) is 3.09. The smallest absolute Gasteiger partial charge is 0.0620 e. The van der Waals surface area contributed by atoms with Crippen molar-refractivity contribution in [1.82, 2.24) is 5.32 Å². The highest BCUT2D eigenvalue weighted by molar-refractivity contribution is 4.73. The first-order valence-corrected chi connectivity index (χ1v) is 5.53. The average molecular weight is 185 g/mol. The molecule has 0 heterocycles. The van der Waals surface area contributed by atoms with Gasteiger partial charge in [0.1, 0.15) is 0 Å². The molecule has 0 aromatic rings. The van der Waals surface area contributed by atoms with Crippen LogP contribution in [0.1, 0.15) is 39.5 Å². The van der Waals surface area contributed by atoms with E-state index < -0.39 is 0 Å². The van der Waals surface area contributed by atoms with E-state index in [4.69, 9.17) is 4.74 Å². The summed E-state index contributed by atoms with van der Waals surface area (Å²) in [6.07, 6.45) is 5.87. The first-order chi connectivity index (χ1) is 6.24. The van der Waals surface area contributed by atoms with Crippen LogP contribution in [0.25, 0.3) is 0 Å². The molecule has 0 bridgehead atoms. The lowest BCUT2D eigenvalue weighted by Crippen LogP contribution is -2.33. The van der Waals surface area contributed by atoms with Gasteiger partial charge in [0.25, 0.3) is 0 Å². The van der Waals surface area contributed by atoms with Crippen LogP contribution in [0, 0.1) is 5.92 Å². The number of hydrogen-bond acceptors (Lipinski definition) is 2. The lowest BCUT2D eigenvalue weighted by Gasteiger charge is -2.29. The molecule has 3 atom stereocenters. The number of ether oxygens (including phenoxy) is 1. The van der Waals surface area contributed by atoms with Crippen molar-refractivity contribution in [3.63, 3.8) is 0 Å². The molecule has 0 spiro atoms. The third-order valence-electron chi connectivity index (χ3n) is 3.09. The van der Waals surface area contributed by atoms with E-state index in [-0.39, 0.29) is 0 Å². The first kappa shape index (κ1) is 11.0. The zero-order chi connectivity index (χ0) is 9.68. The summed E-state index contributed by atoms with van der Waals surface area (Å²) >= 11 is 0. The maximum Gasteiger partial charge on any atom is 0.0620 e. The van der Waals surface area contributed by atoms with Crippen molar-refractivity contribution >= 4 is 0 Å². The number of rotatable bonds is 4. The van der Waals surface area contributed by atoms with Crippen molar-refractivity contribution in [2.45, 2.75) is 51.7 Å². The second-order valence-electron chi connectivity index (χ2n) is 4.32. The van der Waals surface area contributed by atoms with Crippen molar-refractivity contribution in [1.29, 1.82) is 0 Å². The number of nitrogens with one attached hydrogen (secondary N) is 1. The fraction of sp³-hybridized carbons (Fsp3) is 1.00. The summed E-state index contributed by atoms with van der Waals surface area (Å²) in [5, 5.41) is 3.19. The molecule has 0 radical (unpaired) electrons. The van der Waals surface area contributed by atoms with Gasteiger partial charge in [0.2, 0.25) is 0 Å². The molecule has 1 fully saturated rings. The topological polar surface area (TPSA) is 21.3 Å². The van der Waals surface area contributed by atoms with Crippen LogP contribution in [-0.4, -0.2) is 25.8 Å². The van der Waals surface area contributed by atoms with Gasteiger partial charge >= 0.3 is 0 Å². The lowest BCUT2D eigenvalue weighted by molar-refractivity contribution is -0.0123.